The second-order valence-corrected chi connectivity index (χ2v) is 12.6. The van der Waals surface area contributed by atoms with Crippen molar-refractivity contribution in [3.8, 4) is 11.5 Å². The zero-order chi connectivity index (χ0) is 33.6. The number of ether oxygens (including phenoxy) is 4. The summed E-state index contributed by atoms with van der Waals surface area (Å²) >= 11 is 2.72. The van der Waals surface area contributed by atoms with Crippen LogP contribution >= 0.6 is 22.7 Å². The zero-order valence-corrected chi connectivity index (χ0v) is 28.1. The molecular weight excluding hydrogens is 649 g/mol. The summed E-state index contributed by atoms with van der Waals surface area (Å²) in [6, 6.07) is 25.0. The highest BCUT2D eigenvalue weighted by molar-refractivity contribution is 7.10. The Morgan fingerprint density at radius 2 is 1.65 bits per heavy atom. The van der Waals surface area contributed by atoms with Crippen molar-refractivity contribution in [3.63, 3.8) is 0 Å². The number of fused-ring (bicyclic) bond motifs is 1. The number of hydrogen-bond donors (Lipinski definition) is 0. The van der Waals surface area contributed by atoms with Crippen LogP contribution in [0.5, 0.6) is 11.5 Å². The average Bonchev–Trinajstić information content (AvgIpc) is 3.76. The molecule has 0 bridgehead atoms. The summed E-state index contributed by atoms with van der Waals surface area (Å²) in [4.78, 5) is 45.8. The number of carbonyl (C=O) groups excluding carboxylic acids is 2. The number of thiophene rings is 1. The van der Waals surface area contributed by atoms with Crippen molar-refractivity contribution in [1.82, 2.24) is 4.57 Å². The second-order valence-electron chi connectivity index (χ2n) is 10.6. The Hall–Kier alpha value is -5.26. The fraction of sp³-hybridized carbons (Fsp3) is 0.189. The minimum atomic E-state index is -0.700. The summed E-state index contributed by atoms with van der Waals surface area (Å²) < 4.78 is 24.3. The Labute approximate surface area is 284 Å². The van der Waals surface area contributed by atoms with E-state index in [9.17, 15) is 14.4 Å². The van der Waals surface area contributed by atoms with Crippen LogP contribution in [0.15, 0.2) is 106 Å². The van der Waals surface area contributed by atoms with Crippen LogP contribution in [-0.4, -0.2) is 36.8 Å². The first-order chi connectivity index (χ1) is 23.4. The Bertz CT molecular complexity index is 2150. The molecule has 48 heavy (non-hydrogen) atoms. The molecule has 3 aromatic carbocycles. The van der Waals surface area contributed by atoms with Gasteiger partial charge in [-0.15, -0.1) is 11.3 Å². The Morgan fingerprint density at radius 1 is 0.896 bits per heavy atom. The monoisotopic (exact) mass is 680 g/mol. The van der Waals surface area contributed by atoms with Crippen LogP contribution in [0.3, 0.4) is 0 Å². The molecule has 0 aliphatic carbocycles. The molecule has 0 saturated carbocycles. The Morgan fingerprint density at radius 3 is 2.33 bits per heavy atom. The van der Waals surface area contributed by atoms with Crippen molar-refractivity contribution in [2.24, 2.45) is 4.99 Å². The van der Waals surface area contributed by atoms with Crippen LogP contribution in [0.1, 0.15) is 51.8 Å². The van der Waals surface area contributed by atoms with Crippen LogP contribution < -0.4 is 24.4 Å². The van der Waals surface area contributed by atoms with Gasteiger partial charge in [0.25, 0.3) is 5.56 Å². The van der Waals surface area contributed by atoms with Gasteiger partial charge in [0.1, 0.15) is 12.6 Å². The van der Waals surface area contributed by atoms with Gasteiger partial charge in [-0.05, 0) is 66.8 Å². The molecule has 6 rings (SSSR count). The van der Waals surface area contributed by atoms with Crippen molar-refractivity contribution in [2.45, 2.75) is 26.5 Å². The van der Waals surface area contributed by atoms with Crippen molar-refractivity contribution in [3.05, 3.63) is 143 Å². The third-order valence-electron chi connectivity index (χ3n) is 7.53. The van der Waals surface area contributed by atoms with Gasteiger partial charge in [0.05, 0.1) is 41.7 Å². The summed E-state index contributed by atoms with van der Waals surface area (Å²) in [7, 11) is 1.55. The van der Waals surface area contributed by atoms with E-state index >= 15 is 0 Å². The number of methoxy groups -OCH3 is 1. The lowest BCUT2D eigenvalue weighted by molar-refractivity contribution is -0.138. The fourth-order valence-electron chi connectivity index (χ4n) is 5.31. The van der Waals surface area contributed by atoms with Crippen LogP contribution in [0.25, 0.3) is 11.8 Å². The highest BCUT2D eigenvalue weighted by Gasteiger charge is 2.35. The Balaban J connectivity index is 1.36. The van der Waals surface area contributed by atoms with E-state index in [1.807, 2.05) is 66.0 Å². The zero-order valence-electron chi connectivity index (χ0n) is 26.5. The van der Waals surface area contributed by atoms with Crippen molar-refractivity contribution in [1.29, 1.82) is 0 Å². The molecule has 11 heteroatoms. The number of aromatic nitrogens is 1. The number of hydrogen-bond acceptors (Lipinski definition) is 10. The summed E-state index contributed by atoms with van der Waals surface area (Å²) in [5.74, 6) is 0.137. The largest absolute Gasteiger partial charge is 0.493 e. The van der Waals surface area contributed by atoms with E-state index in [2.05, 4.69) is 0 Å². The molecule has 1 aliphatic rings. The lowest BCUT2D eigenvalue weighted by Gasteiger charge is -2.24. The van der Waals surface area contributed by atoms with Gasteiger partial charge in [0, 0.05) is 10.4 Å². The van der Waals surface area contributed by atoms with Gasteiger partial charge in [0.2, 0.25) is 0 Å². The van der Waals surface area contributed by atoms with Gasteiger partial charge >= 0.3 is 11.9 Å². The predicted molar refractivity (Wildman–Crippen MR) is 185 cm³/mol. The summed E-state index contributed by atoms with van der Waals surface area (Å²) in [5, 5.41) is 1.92. The molecule has 0 radical (unpaired) electrons. The van der Waals surface area contributed by atoms with Gasteiger partial charge in [-0.25, -0.2) is 14.6 Å². The number of esters is 2. The number of nitrogens with zero attached hydrogens (tertiary/aromatic N) is 2. The maximum Gasteiger partial charge on any atom is 0.338 e. The fourth-order valence-corrected chi connectivity index (χ4v) is 7.14. The first kappa shape index (κ1) is 32.7. The third kappa shape index (κ3) is 6.73. The standard InChI is InChI=1S/C37H32N2O7S2/c1-4-44-35(41)26-16-13-23(14-17-26)22-46-27-18-15-24(20-28(27)43-3)21-30-34(40)39-33(29-12-9-19-47-29)31(36(42)45-5-2)32(38-37(39)48-30)25-10-7-6-8-11-25/h6-21,33H,4-5,22H2,1-3H3/b30-21-/t33-/m1/s1. The topological polar surface area (TPSA) is 105 Å². The number of carbonyl (C=O) groups is 2. The number of rotatable bonds is 11. The third-order valence-corrected chi connectivity index (χ3v) is 9.44. The van der Waals surface area contributed by atoms with Crippen molar-refractivity contribution < 1.29 is 28.5 Å². The first-order valence-corrected chi connectivity index (χ1v) is 17.0. The van der Waals surface area contributed by atoms with Crippen LogP contribution in [0.2, 0.25) is 0 Å². The highest BCUT2D eigenvalue weighted by Crippen LogP contribution is 2.37. The number of benzene rings is 3. The lowest BCUT2D eigenvalue weighted by Crippen LogP contribution is -2.39. The molecule has 0 spiro atoms. The molecule has 1 aliphatic heterocycles. The van der Waals surface area contributed by atoms with Gasteiger partial charge in [-0.3, -0.25) is 9.36 Å². The maximum atomic E-state index is 14.1. The molecule has 9 nitrogen and oxygen atoms in total. The molecule has 0 amide bonds. The summed E-state index contributed by atoms with van der Waals surface area (Å²) in [5.41, 5.74) is 3.37. The summed E-state index contributed by atoms with van der Waals surface area (Å²) in [6.45, 7) is 4.28. The molecule has 3 heterocycles. The molecule has 244 valence electrons. The number of thiazole rings is 1. The smallest absolute Gasteiger partial charge is 0.338 e. The van der Waals surface area contributed by atoms with Crippen molar-refractivity contribution >= 4 is 46.4 Å². The predicted octanol–water partition coefficient (Wildman–Crippen LogP) is 5.76. The molecule has 0 unspecified atom stereocenters. The van der Waals surface area contributed by atoms with Crippen LogP contribution in [-0.2, 0) is 20.9 Å². The first-order valence-electron chi connectivity index (χ1n) is 15.3. The summed E-state index contributed by atoms with van der Waals surface area (Å²) in [6.07, 6.45) is 1.78. The molecule has 5 aromatic rings. The minimum Gasteiger partial charge on any atom is -0.493 e. The highest BCUT2D eigenvalue weighted by atomic mass is 32.1. The van der Waals surface area contributed by atoms with Gasteiger partial charge in [-0.1, -0.05) is 65.9 Å². The lowest BCUT2D eigenvalue weighted by atomic mass is 9.97. The molecule has 2 aromatic heterocycles. The SMILES string of the molecule is CCOC(=O)C1=C(c2ccccc2)N=c2s/c(=C\c3ccc(OCc4ccc(C(=O)OCC)cc4)c(OC)c3)c(=O)n2[C@@H]1c1cccs1. The average molecular weight is 681 g/mol. The van der Waals surface area contributed by atoms with E-state index in [4.69, 9.17) is 23.9 Å². The quantitative estimate of drug-likeness (QED) is 0.163. The molecular formula is C37H32N2O7S2. The second kappa shape index (κ2) is 14.7. The van der Waals surface area contributed by atoms with E-state index in [-0.39, 0.29) is 24.7 Å². The van der Waals surface area contributed by atoms with E-state index < -0.39 is 12.0 Å². The van der Waals surface area contributed by atoms with Crippen LogP contribution in [0.4, 0.5) is 0 Å². The maximum absolute atomic E-state index is 14.1. The van der Waals surface area contributed by atoms with Gasteiger partial charge < -0.3 is 18.9 Å². The van der Waals surface area contributed by atoms with E-state index in [1.54, 1.807) is 55.9 Å². The Kier molecular flexibility index (Phi) is 9.98. The van der Waals surface area contributed by atoms with E-state index in [0.717, 1.165) is 21.6 Å². The molecule has 0 fully saturated rings. The molecule has 0 N–H and O–H groups in total. The normalized spacial score (nSPS) is 14.2. The van der Waals surface area contributed by atoms with E-state index in [0.29, 0.717) is 44.3 Å². The minimum absolute atomic E-state index is 0.190. The van der Waals surface area contributed by atoms with Gasteiger partial charge in [0.15, 0.2) is 16.3 Å². The van der Waals surface area contributed by atoms with E-state index in [1.165, 1.54) is 22.7 Å². The van der Waals surface area contributed by atoms with Crippen LogP contribution in [0, 0.1) is 0 Å². The van der Waals surface area contributed by atoms with Gasteiger partial charge in [-0.2, -0.15) is 0 Å². The molecule has 1 atom stereocenters. The van der Waals surface area contributed by atoms with Crippen molar-refractivity contribution in [2.75, 3.05) is 20.3 Å². The molecule has 0 saturated heterocycles.